The molecule has 2 aliphatic heterocycles. The van der Waals surface area contributed by atoms with Gasteiger partial charge in [0.05, 0.1) is 5.60 Å². The largest absolute Gasteiger partial charge is 0.389 e. The average Bonchev–Trinajstić information content (AvgIpc) is 2.40. The minimum Gasteiger partial charge on any atom is -0.389 e. The highest BCUT2D eigenvalue weighted by Gasteiger charge is 2.36. The van der Waals surface area contributed by atoms with E-state index in [1.807, 2.05) is 0 Å². The van der Waals surface area contributed by atoms with Crippen LogP contribution in [0.4, 0.5) is 0 Å². The first-order valence-corrected chi connectivity index (χ1v) is 4.87. The highest BCUT2D eigenvalue weighted by Crippen LogP contribution is 2.31. The number of hydrogen-bond acceptors (Lipinski definition) is 3. The molecule has 0 aromatic rings. The van der Waals surface area contributed by atoms with Gasteiger partial charge < -0.3 is 15.7 Å². The van der Waals surface area contributed by atoms with Crippen LogP contribution in [0.5, 0.6) is 0 Å². The molecule has 0 aliphatic carbocycles. The molecule has 0 radical (unpaired) electrons. The summed E-state index contributed by atoms with van der Waals surface area (Å²) in [5.41, 5.74) is 5.01. The summed E-state index contributed by atoms with van der Waals surface area (Å²) in [5, 5.41) is 10.0. The summed E-state index contributed by atoms with van der Waals surface area (Å²) in [7, 11) is 0. The third-order valence-corrected chi connectivity index (χ3v) is 3.31. The molecule has 0 spiro atoms. The topological polar surface area (TPSA) is 49.5 Å². The second-order valence-electron chi connectivity index (χ2n) is 4.34. The normalized spacial score (nSPS) is 47.5. The van der Waals surface area contributed by atoms with Gasteiger partial charge in [-0.3, -0.25) is 0 Å². The number of fused-ring (bicyclic) bond motifs is 2. The predicted molar refractivity (Wildman–Crippen MR) is 47.8 cm³/mol. The molecule has 3 atom stereocenters. The Morgan fingerprint density at radius 2 is 2.33 bits per heavy atom. The predicted octanol–water partition coefficient (Wildman–Crippen LogP) is -0.208. The standard InChI is InChI=1S/C9H18N2O/c10-7-9(12)2-4-11-3-1-8(5-9)6-11/h8,12H,1-7,10H2. The van der Waals surface area contributed by atoms with Gasteiger partial charge in [-0.1, -0.05) is 0 Å². The van der Waals surface area contributed by atoms with E-state index in [1.165, 1.54) is 19.5 Å². The second kappa shape index (κ2) is 2.98. The third kappa shape index (κ3) is 1.49. The van der Waals surface area contributed by atoms with Crippen molar-refractivity contribution in [1.82, 2.24) is 4.90 Å². The Labute approximate surface area is 73.5 Å². The Hall–Kier alpha value is -0.120. The van der Waals surface area contributed by atoms with Crippen LogP contribution < -0.4 is 5.73 Å². The van der Waals surface area contributed by atoms with Crippen molar-refractivity contribution in [2.24, 2.45) is 11.7 Å². The SMILES string of the molecule is NCC1(O)CCN2CCC(C2)C1. The van der Waals surface area contributed by atoms with Crippen LogP contribution in [0.25, 0.3) is 0 Å². The summed E-state index contributed by atoms with van der Waals surface area (Å²) in [6.45, 7) is 3.87. The van der Waals surface area contributed by atoms with Crippen LogP contribution in [-0.2, 0) is 0 Å². The number of nitrogens with zero attached hydrogens (tertiary/aromatic N) is 1. The van der Waals surface area contributed by atoms with Crippen molar-refractivity contribution in [3.05, 3.63) is 0 Å². The van der Waals surface area contributed by atoms with Crippen LogP contribution in [0.15, 0.2) is 0 Å². The van der Waals surface area contributed by atoms with Crippen LogP contribution in [0.3, 0.4) is 0 Å². The smallest absolute Gasteiger partial charge is 0.0784 e. The van der Waals surface area contributed by atoms with Gasteiger partial charge in [0, 0.05) is 19.6 Å². The van der Waals surface area contributed by atoms with Crippen molar-refractivity contribution < 1.29 is 5.11 Å². The zero-order chi connectivity index (χ0) is 8.60. The molecule has 70 valence electrons. The van der Waals surface area contributed by atoms with Gasteiger partial charge in [-0.15, -0.1) is 0 Å². The van der Waals surface area contributed by atoms with Gasteiger partial charge >= 0.3 is 0 Å². The molecule has 12 heavy (non-hydrogen) atoms. The van der Waals surface area contributed by atoms with Gasteiger partial charge in [-0.05, 0) is 31.7 Å². The monoisotopic (exact) mass is 170 g/mol. The molecule has 0 aromatic carbocycles. The number of hydrogen-bond donors (Lipinski definition) is 2. The fraction of sp³-hybridized carbons (Fsp3) is 1.00. The van der Waals surface area contributed by atoms with E-state index in [0.29, 0.717) is 12.5 Å². The maximum atomic E-state index is 10.0. The summed E-state index contributed by atoms with van der Waals surface area (Å²) >= 11 is 0. The van der Waals surface area contributed by atoms with Crippen LogP contribution in [0.1, 0.15) is 19.3 Å². The lowest BCUT2D eigenvalue weighted by Crippen LogP contribution is -2.40. The Kier molecular flexibility index (Phi) is 2.10. The number of aliphatic hydroxyl groups is 1. The molecule has 2 saturated heterocycles. The molecule has 2 heterocycles. The Morgan fingerprint density at radius 1 is 1.50 bits per heavy atom. The van der Waals surface area contributed by atoms with Gasteiger partial charge in [0.25, 0.3) is 0 Å². The summed E-state index contributed by atoms with van der Waals surface area (Å²) < 4.78 is 0. The average molecular weight is 170 g/mol. The second-order valence-corrected chi connectivity index (χ2v) is 4.34. The fourth-order valence-corrected chi connectivity index (χ4v) is 2.47. The van der Waals surface area contributed by atoms with Gasteiger partial charge in [0.1, 0.15) is 0 Å². The lowest BCUT2D eigenvalue weighted by molar-refractivity contribution is 0.0201. The van der Waals surface area contributed by atoms with Crippen molar-refractivity contribution in [2.75, 3.05) is 26.2 Å². The molecule has 3 unspecified atom stereocenters. The lowest BCUT2D eigenvalue weighted by atomic mass is 9.88. The van der Waals surface area contributed by atoms with Crippen molar-refractivity contribution >= 4 is 0 Å². The molecule has 3 nitrogen and oxygen atoms in total. The van der Waals surface area contributed by atoms with E-state index in [0.717, 1.165) is 19.4 Å². The lowest BCUT2D eigenvalue weighted by Gasteiger charge is -2.28. The Bertz CT molecular complexity index is 174. The Balaban J connectivity index is 2.04. The van der Waals surface area contributed by atoms with Crippen molar-refractivity contribution in [3.63, 3.8) is 0 Å². The highest BCUT2D eigenvalue weighted by atomic mass is 16.3. The molecule has 0 aromatic heterocycles. The molecular formula is C9H18N2O. The molecule has 3 heteroatoms. The minimum absolute atomic E-state index is 0.428. The molecule has 3 N–H and O–H groups in total. The zero-order valence-electron chi connectivity index (χ0n) is 7.50. The van der Waals surface area contributed by atoms with Crippen molar-refractivity contribution in [1.29, 1.82) is 0 Å². The van der Waals surface area contributed by atoms with Crippen LogP contribution in [0.2, 0.25) is 0 Å². The minimum atomic E-state index is -0.556. The fourth-order valence-electron chi connectivity index (χ4n) is 2.47. The zero-order valence-corrected chi connectivity index (χ0v) is 7.50. The highest BCUT2D eigenvalue weighted by molar-refractivity contribution is 4.91. The molecule has 0 amide bonds. The summed E-state index contributed by atoms with van der Waals surface area (Å²) in [6.07, 6.45) is 3.03. The molecule has 2 aliphatic rings. The molecule has 2 bridgehead atoms. The maximum Gasteiger partial charge on any atom is 0.0784 e. The van der Waals surface area contributed by atoms with Crippen LogP contribution in [-0.4, -0.2) is 41.8 Å². The van der Waals surface area contributed by atoms with E-state index in [4.69, 9.17) is 5.73 Å². The summed E-state index contributed by atoms with van der Waals surface area (Å²) in [4.78, 5) is 2.44. The van der Waals surface area contributed by atoms with Gasteiger partial charge in [-0.25, -0.2) is 0 Å². The number of nitrogens with two attached hydrogens (primary N) is 1. The molecule has 2 rings (SSSR count). The van der Waals surface area contributed by atoms with E-state index >= 15 is 0 Å². The quantitative estimate of drug-likeness (QED) is 0.572. The molecular weight excluding hydrogens is 152 g/mol. The van der Waals surface area contributed by atoms with Crippen LogP contribution >= 0.6 is 0 Å². The van der Waals surface area contributed by atoms with E-state index in [-0.39, 0.29) is 0 Å². The van der Waals surface area contributed by atoms with E-state index in [2.05, 4.69) is 4.90 Å². The van der Waals surface area contributed by atoms with E-state index in [9.17, 15) is 5.11 Å². The third-order valence-electron chi connectivity index (χ3n) is 3.31. The first kappa shape index (κ1) is 8.48. The van der Waals surface area contributed by atoms with E-state index < -0.39 is 5.60 Å². The van der Waals surface area contributed by atoms with Gasteiger partial charge in [0.2, 0.25) is 0 Å². The molecule has 2 fully saturated rings. The first-order chi connectivity index (χ1) is 5.72. The molecule has 0 saturated carbocycles. The van der Waals surface area contributed by atoms with E-state index in [1.54, 1.807) is 0 Å². The van der Waals surface area contributed by atoms with Crippen LogP contribution in [0, 0.1) is 5.92 Å². The Morgan fingerprint density at radius 3 is 3.08 bits per heavy atom. The summed E-state index contributed by atoms with van der Waals surface area (Å²) in [6, 6.07) is 0. The van der Waals surface area contributed by atoms with Gasteiger partial charge in [-0.2, -0.15) is 0 Å². The number of rotatable bonds is 1. The van der Waals surface area contributed by atoms with Crippen molar-refractivity contribution in [3.8, 4) is 0 Å². The maximum absolute atomic E-state index is 10.0. The van der Waals surface area contributed by atoms with Gasteiger partial charge in [0.15, 0.2) is 0 Å². The van der Waals surface area contributed by atoms with Crippen molar-refractivity contribution in [2.45, 2.75) is 24.9 Å². The summed E-state index contributed by atoms with van der Waals surface area (Å²) in [5.74, 6) is 0.695. The first-order valence-electron chi connectivity index (χ1n) is 4.87.